The van der Waals surface area contributed by atoms with E-state index in [9.17, 15) is 4.79 Å². The molecule has 0 heterocycles. The molecular weight excluding hydrogens is 230 g/mol. The Morgan fingerprint density at radius 2 is 2.00 bits per heavy atom. The molecule has 0 aliphatic heterocycles. The molecule has 1 amide bonds. The summed E-state index contributed by atoms with van der Waals surface area (Å²) >= 11 is 0. The van der Waals surface area contributed by atoms with Crippen LogP contribution in [0.2, 0.25) is 0 Å². The van der Waals surface area contributed by atoms with Gasteiger partial charge in [0.1, 0.15) is 5.41 Å². The third-order valence-corrected chi connectivity index (χ3v) is 4.35. The van der Waals surface area contributed by atoms with Crippen molar-refractivity contribution >= 4 is 11.7 Å². The highest BCUT2D eigenvalue weighted by atomic mass is 16.4. The van der Waals surface area contributed by atoms with Gasteiger partial charge in [-0.15, -0.1) is 0 Å². The topological polar surface area (TPSA) is 87.7 Å². The van der Waals surface area contributed by atoms with Crippen LogP contribution in [0.1, 0.15) is 51.4 Å². The fraction of sp³-hybridized carbons (Fsp3) is 0.846. The van der Waals surface area contributed by atoms with Crippen LogP contribution in [-0.4, -0.2) is 23.5 Å². The summed E-state index contributed by atoms with van der Waals surface area (Å²) < 4.78 is 0. The van der Waals surface area contributed by atoms with Crippen molar-refractivity contribution in [1.29, 1.82) is 0 Å². The molecule has 0 unspecified atom stereocenters. The van der Waals surface area contributed by atoms with Crippen LogP contribution in [0.15, 0.2) is 5.16 Å². The van der Waals surface area contributed by atoms with E-state index in [2.05, 4.69) is 10.5 Å². The van der Waals surface area contributed by atoms with E-state index in [1.54, 1.807) is 0 Å². The summed E-state index contributed by atoms with van der Waals surface area (Å²) in [5.74, 6) is 0.740. The van der Waals surface area contributed by atoms with E-state index in [-0.39, 0.29) is 11.7 Å². The van der Waals surface area contributed by atoms with E-state index in [1.807, 2.05) is 0 Å². The zero-order valence-electron chi connectivity index (χ0n) is 10.8. The van der Waals surface area contributed by atoms with Gasteiger partial charge in [0.25, 0.3) is 0 Å². The average molecular weight is 253 g/mol. The predicted octanol–water partition coefficient (Wildman–Crippen LogP) is 1.60. The van der Waals surface area contributed by atoms with Crippen molar-refractivity contribution in [3.05, 3.63) is 0 Å². The second-order valence-electron chi connectivity index (χ2n) is 5.62. The predicted molar refractivity (Wildman–Crippen MR) is 69.3 cm³/mol. The second kappa shape index (κ2) is 5.59. The minimum Gasteiger partial charge on any atom is -0.409 e. The first-order valence-electron chi connectivity index (χ1n) is 6.95. The highest BCUT2D eigenvalue weighted by molar-refractivity contribution is 6.09. The molecule has 0 aromatic rings. The lowest BCUT2D eigenvalue weighted by atomic mass is 9.87. The van der Waals surface area contributed by atoms with Gasteiger partial charge in [0.05, 0.1) is 0 Å². The molecule has 2 rings (SSSR count). The maximum absolute atomic E-state index is 12.0. The Morgan fingerprint density at radius 1 is 1.33 bits per heavy atom. The number of nitrogens with zero attached hydrogens (tertiary/aromatic N) is 1. The highest BCUT2D eigenvalue weighted by Crippen LogP contribution is 2.46. The molecule has 0 saturated heterocycles. The Morgan fingerprint density at radius 3 is 2.56 bits per heavy atom. The summed E-state index contributed by atoms with van der Waals surface area (Å²) in [4.78, 5) is 12.0. The molecule has 4 N–H and O–H groups in total. The van der Waals surface area contributed by atoms with E-state index in [0.717, 1.165) is 12.3 Å². The molecule has 2 aliphatic carbocycles. The highest BCUT2D eigenvalue weighted by Gasteiger charge is 2.54. The number of nitrogens with two attached hydrogens (primary N) is 1. The Balaban J connectivity index is 1.72. The second-order valence-corrected chi connectivity index (χ2v) is 5.62. The van der Waals surface area contributed by atoms with Gasteiger partial charge in [0, 0.05) is 6.54 Å². The van der Waals surface area contributed by atoms with Crippen LogP contribution in [-0.2, 0) is 4.79 Å². The third kappa shape index (κ3) is 2.76. The molecule has 2 fully saturated rings. The third-order valence-electron chi connectivity index (χ3n) is 4.35. The van der Waals surface area contributed by atoms with Gasteiger partial charge < -0.3 is 16.3 Å². The number of amidine groups is 1. The molecule has 2 saturated carbocycles. The maximum Gasteiger partial charge on any atom is 0.233 e. The Bertz CT molecular complexity index is 331. The van der Waals surface area contributed by atoms with Gasteiger partial charge in [-0.05, 0) is 25.2 Å². The van der Waals surface area contributed by atoms with Gasteiger partial charge in [-0.3, -0.25) is 4.79 Å². The monoisotopic (exact) mass is 253 g/mol. The van der Waals surface area contributed by atoms with Crippen LogP contribution >= 0.6 is 0 Å². The largest absolute Gasteiger partial charge is 0.409 e. The average Bonchev–Trinajstić information content (AvgIpc) is 3.20. The quantitative estimate of drug-likeness (QED) is 0.301. The van der Waals surface area contributed by atoms with Gasteiger partial charge in [-0.2, -0.15) is 0 Å². The Labute approximate surface area is 108 Å². The zero-order valence-corrected chi connectivity index (χ0v) is 10.8. The molecule has 2 aliphatic rings. The number of oxime groups is 1. The van der Waals surface area contributed by atoms with Crippen molar-refractivity contribution < 1.29 is 10.0 Å². The molecular formula is C13H23N3O2. The van der Waals surface area contributed by atoms with E-state index >= 15 is 0 Å². The Kier molecular flexibility index (Phi) is 4.09. The molecule has 18 heavy (non-hydrogen) atoms. The number of nitrogens with one attached hydrogen (secondary N) is 1. The normalized spacial score (nSPS) is 23.7. The van der Waals surface area contributed by atoms with Crippen molar-refractivity contribution in [1.82, 2.24) is 5.32 Å². The summed E-state index contributed by atoms with van der Waals surface area (Å²) in [7, 11) is 0. The number of carbonyl (C=O) groups is 1. The van der Waals surface area contributed by atoms with Crippen molar-refractivity contribution in [2.75, 3.05) is 6.54 Å². The van der Waals surface area contributed by atoms with Crippen LogP contribution in [0, 0.1) is 11.3 Å². The van der Waals surface area contributed by atoms with E-state index in [0.29, 0.717) is 19.4 Å². The molecule has 5 heteroatoms. The van der Waals surface area contributed by atoms with Crippen molar-refractivity contribution in [3.63, 3.8) is 0 Å². The summed E-state index contributed by atoms with van der Waals surface area (Å²) in [5.41, 5.74) is 4.86. The number of hydrogen-bond acceptors (Lipinski definition) is 3. The maximum atomic E-state index is 12.0. The van der Waals surface area contributed by atoms with Crippen LogP contribution in [0.4, 0.5) is 0 Å². The number of carbonyl (C=O) groups excluding carboxylic acids is 1. The van der Waals surface area contributed by atoms with Crippen molar-refractivity contribution in [2.24, 2.45) is 22.2 Å². The minimum atomic E-state index is -0.707. The van der Waals surface area contributed by atoms with Gasteiger partial charge in [0.2, 0.25) is 5.91 Å². The molecule has 5 nitrogen and oxygen atoms in total. The molecule has 0 aromatic heterocycles. The summed E-state index contributed by atoms with van der Waals surface area (Å²) in [6.07, 6.45) is 9.03. The summed E-state index contributed by atoms with van der Waals surface area (Å²) in [6.45, 7) is 0.712. The fourth-order valence-electron chi connectivity index (χ4n) is 2.86. The number of rotatable bonds is 5. The first-order valence-corrected chi connectivity index (χ1v) is 6.95. The van der Waals surface area contributed by atoms with Crippen molar-refractivity contribution in [3.8, 4) is 0 Å². The van der Waals surface area contributed by atoms with E-state index in [4.69, 9.17) is 10.9 Å². The standard InChI is InChI=1S/C13H23N3O2/c14-11(16-18)13(7-8-13)12(17)15-9-6-10-4-2-1-3-5-10/h10,18H,1-9H2,(H2,14,16)(H,15,17). The van der Waals surface area contributed by atoms with E-state index in [1.165, 1.54) is 32.1 Å². The number of hydrogen-bond donors (Lipinski definition) is 3. The first-order chi connectivity index (χ1) is 8.69. The van der Waals surface area contributed by atoms with Crippen molar-refractivity contribution in [2.45, 2.75) is 51.4 Å². The van der Waals surface area contributed by atoms with Gasteiger partial charge in [0.15, 0.2) is 5.84 Å². The van der Waals surface area contributed by atoms with E-state index < -0.39 is 5.41 Å². The molecule has 0 radical (unpaired) electrons. The van der Waals surface area contributed by atoms with Crippen LogP contribution in [0.3, 0.4) is 0 Å². The SMILES string of the molecule is NC(=NO)C1(C(=O)NCCC2CCCCC2)CC1. The Hall–Kier alpha value is -1.26. The molecule has 0 atom stereocenters. The summed E-state index contributed by atoms with van der Waals surface area (Å²) in [6, 6.07) is 0. The minimum absolute atomic E-state index is 0.0534. The van der Waals surface area contributed by atoms with Gasteiger partial charge in [-0.1, -0.05) is 37.3 Å². The van der Waals surface area contributed by atoms with Gasteiger partial charge in [-0.25, -0.2) is 0 Å². The van der Waals surface area contributed by atoms with Crippen LogP contribution in [0.5, 0.6) is 0 Å². The smallest absolute Gasteiger partial charge is 0.233 e. The van der Waals surface area contributed by atoms with Gasteiger partial charge >= 0.3 is 0 Å². The lowest BCUT2D eigenvalue weighted by molar-refractivity contribution is -0.124. The molecule has 102 valence electrons. The lowest BCUT2D eigenvalue weighted by Crippen LogP contribution is -2.41. The summed E-state index contributed by atoms with van der Waals surface area (Å²) in [5, 5.41) is 14.6. The fourth-order valence-corrected chi connectivity index (χ4v) is 2.86. The van der Waals surface area contributed by atoms with Crippen LogP contribution in [0.25, 0.3) is 0 Å². The molecule has 0 aromatic carbocycles. The first kappa shape index (κ1) is 13.2. The number of amides is 1. The molecule has 0 spiro atoms. The molecule has 0 bridgehead atoms. The zero-order chi connectivity index (χ0) is 13.0. The lowest BCUT2D eigenvalue weighted by Gasteiger charge is -2.22. The van der Waals surface area contributed by atoms with Crippen LogP contribution < -0.4 is 11.1 Å².